The highest BCUT2D eigenvalue weighted by atomic mass is 31.2. The molecular formula is C15H23N2O5P. The SMILES string of the molecule is C=Cc1cn(C2OC(CCP(=C)(C)C)[C@@H](O)[C@H]2O)c(=O)[nH]c1=O. The molecule has 1 aromatic rings. The molecule has 0 aromatic carbocycles. The second-order valence-electron chi connectivity index (χ2n) is 6.45. The summed E-state index contributed by atoms with van der Waals surface area (Å²) in [6.07, 6.45) is 4.04. The predicted octanol–water partition coefficient (Wildman–Crippen LogP) is -0.102. The van der Waals surface area contributed by atoms with Crippen molar-refractivity contribution < 1.29 is 14.9 Å². The zero-order valence-electron chi connectivity index (χ0n) is 13.3. The van der Waals surface area contributed by atoms with E-state index in [1.165, 1.54) is 12.3 Å². The van der Waals surface area contributed by atoms with E-state index in [0.29, 0.717) is 6.42 Å². The molecule has 1 aromatic heterocycles. The van der Waals surface area contributed by atoms with Crippen LogP contribution in [0.2, 0.25) is 0 Å². The van der Waals surface area contributed by atoms with Gasteiger partial charge >= 0.3 is 5.69 Å². The summed E-state index contributed by atoms with van der Waals surface area (Å²) < 4.78 is 6.76. The Bertz CT molecular complexity index is 747. The Hall–Kier alpha value is -1.40. The molecule has 1 fully saturated rings. The predicted molar refractivity (Wildman–Crippen MR) is 92.7 cm³/mol. The minimum Gasteiger partial charge on any atom is -0.388 e. The monoisotopic (exact) mass is 342 g/mol. The third kappa shape index (κ3) is 3.93. The fourth-order valence-electron chi connectivity index (χ4n) is 2.51. The van der Waals surface area contributed by atoms with Crippen molar-refractivity contribution in [3.05, 3.63) is 39.2 Å². The molecule has 4 atom stereocenters. The van der Waals surface area contributed by atoms with E-state index in [1.54, 1.807) is 0 Å². The third-order valence-corrected chi connectivity index (χ3v) is 5.31. The zero-order valence-corrected chi connectivity index (χ0v) is 14.2. The van der Waals surface area contributed by atoms with Crippen LogP contribution < -0.4 is 11.2 Å². The van der Waals surface area contributed by atoms with Crippen LogP contribution in [-0.2, 0) is 4.74 Å². The first-order valence-electron chi connectivity index (χ1n) is 7.31. The normalized spacial score (nSPS) is 28.0. The van der Waals surface area contributed by atoms with Gasteiger partial charge in [0, 0.05) is 6.20 Å². The number of hydrogen-bond donors (Lipinski definition) is 3. The molecule has 23 heavy (non-hydrogen) atoms. The van der Waals surface area contributed by atoms with Crippen molar-refractivity contribution in [1.29, 1.82) is 0 Å². The summed E-state index contributed by atoms with van der Waals surface area (Å²) in [5.74, 6) is 0. The lowest BCUT2D eigenvalue weighted by Crippen LogP contribution is -2.38. The quantitative estimate of drug-likeness (QED) is 0.648. The largest absolute Gasteiger partial charge is 0.388 e. The Morgan fingerprint density at radius 3 is 2.61 bits per heavy atom. The van der Waals surface area contributed by atoms with Gasteiger partial charge in [0.15, 0.2) is 6.23 Å². The molecule has 0 spiro atoms. The van der Waals surface area contributed by atoms with Gasteiger partial charge in [-0.1, -0.05) is 12.7 Å². The third-order valence-electron chi connectivity index (χ3n) is 3.85. The van der Waals surface area contributed by atoms with E-state index in [4.69, 9.17) is 4.74 Å². The fraction of sp³-hybridized carbons (Fsp3) is 0.533. The number of aromatic amines is 1. The van der Waals surface area contributed by atoms with E-state index >= 15 is 0 Å². The summed E-state index contributed by atoms with van der Waals surface area (Å²) in [6, 6.07) is 0. The molecule has 1 aliphatic heterocycles. The van der Waals surface area contributed by atoms with Crippen molar-refractivity contribution in [2.24, 2.45) is 0 Å². The van der Waals surface area contributed by atoms with Crippen LogP contribution >= 0.6 is 6.89 Å². The number of nitrogens with zero attached hydrogens (tertiary/aromatic N) is 1. The molecule has 128 valence electrons. The molecule has 0 radical (unpaired) electrons. The minimum absolute atomic E-state index is 0.183. The molecule has 2 rings (SSSR count). The summed E-state index contributed by atoms with van der Waals surface area (Å²) >= 11 is 0. The van der Waals surface area contributed by atoms with Crippen molar-refractivity contribution in [1.82, 2.24) is 9.55 Å². The molecule has 2 unspecified atom stereocenters. The molecule has 0 saturated carbocycles. The van der Waals surface area contributed by atoms with Gasteiger partial charge in [-0.3, -0.25) is 14.3 Å². The van der Waals surface area contributed by atoms with E-state index < -0.39 is 42.7 Å². The highest BCUT2D eigenvalue weighted by Gasteiger charge is 2.43. The molecular weight excluding hydrogens is 319 g/mol. The molecule has 0 bridgehead atoms. The van der Waals surface area contributed by atoms with Gasteiger partial charge in [0.25, 0.3) is 5.56 Å². The van der Waals surface area contributed by atoms with Crippen molar-refractivity contribution in [2.45, 2.75) is 31.0 Å². The van der Waals surface area contributed by atoms with Gasteiger partial charge in [0.2, 0.25) is 0 Å². The maximum absolute atomic E-state index is 12.0. The van der Waals surface area contributed by atoms with Crippen LogP contribution in [0.1, 0.15) is 18.2 Å². The molecule has 7 nitrogen and oxygen atoms in total. The molecule has 0 aliphatic carbocycles. The standard InChI is InChI=1S/C15H23N2O5P/c1-5-9-8-17(15(21)16-13(9)20)14-12(19)11(18)10(22-14)6-7-23(2,3)4/h5,8,10-12,14,18-19H,1-2,6-7H2,3-4H3,(H,16,20,21)/t10?,11-,12-,14?/m1/s1. The van der Waals surface area contributed by atoms with Gasteiger partial charge in [-0.25, -0.2) is 4.79 Å². The number of ether oxygens (including phenoxy) is 1. The van der Waals surface area contributed by atoms with Crippen molar-refractivity contribution >= 4 is 19.3 Å². The lowest BCUT2D eigenvalue weighted by molar-refractivity contribution is -0.0402. The summed E-state index contributed by atoms with van der Waals surface area (Å²) in [5.41, 5.74) is -1.08. The second-order valence-corrected chi connectivity index (χ2v) is 10.8. The van der Waals surface area contributed by atoms with Gasteiger partial charge in [0.05, 0.1) is 11.7 Å². The van der Waals surface area contributed by atoms with Gasteiger partial charge in [0.1, 0.15) is 12.2 Å². The maximum Gasteiger partial charge on any atom is 0.330 e. The van der Waals surface area contributed by atoms with E-state index in [0.717, 1.165) is 10.7 Å². The molecule has 3 N–H and O–H groups in total. The number of aliphatic hydroxyl groups excluding tert-OH is 2. The molecule has 8 heteroatoms. The van der Waals surface area contributed by atoms with Crippen molar-refractivity contribution in [3.8, 4) is 0 Å². The first-order chi connectivity index (χ1) is 10.6. The lowest BCUT2D eigenvalue weighted by Gasteiger charge is -2.19. The molecule has 2 heterocycles. The van der Waals surface area contributed by atoms with Crippen molar-refractivity contribution in [2.75, 3.05) is 19.5 Å². The van der Waals surface area contributed by atoms with Gasteiger partial charge < -0.3 is 14.9 Å². The summed E-state index contributed by atoms with van der Waals surface area (Å²) in [6.45, 7) is 6.37. The Labute approximate surface area is 134 Å². The topological polar surface area (TPSA) is 105 Å². The van der Waals surface area contributed by atoms with E-state index in [-0.39, 0.29) is 5.56 Å². The average molecular weight is 342 g/mol. The highest BCUT2D eigenvalue weighted by Crippen LogP contribution is 2.39. The Kier molecular flexibility index (Phi) is 5.16. The first-order valence-corrected chi connectivity index (χ1v) is 10.4. The number of H-pyrrole nitrogens is 1. The molecule has 1 saturated heterocycles. The van der Waals surface area contributed by atoms with E-state index in [9.17, 15) is 19.8 Å². The number of hydrogen-bond acceptors (Lipinski definition) is 5. The second kappa shape index (κ2) is 6.61. The highest BCUT2D eigenvalue weighted by molar-refractivity contribution is 7.72. The average Bonchev–Trinajstić information content (AvgIpc) is 2.73. The van der Waals surface area contributed by atoms with Crippen molar-refractivity contribution in [3.63, 3.8) is 0 Å². The Morgan fingerprint density at radius 2 is 2.04 bits per heavy atom. The summed E-state index contributed by atoms with van der Waals surface area (Å²) in [5, 5.41) is 20.4. The van der Waals surface area contributed by atoms with Crippen LogP contribution in [0, 0.1) is 0 Å². The van der Waals surface area contributed by atoms with Crippen LogP contribution in [0.3, 0.4) is 0 Å². The summed E-state index contributed by atoms with van der Waals surface area (Å²) in [7, 11) is 0. The Morgan fingerprint density at radius 1 is 1.39 bits per heavy atom. The zero-order chi connectivity index (χ0) is 17.4. The summed E-state index contributed by atoms with van der Waals surface area (Å²) in [4.78, 5) is 25.7. The fourth-order valence-corrected chi connectivity index (χ4v) is 3.46. The molecule has 0 amide bonds. The van der Waals surface area contributed by atoms with Gasteiger partial charge in [-0.05, 0) is 25.9 Å². The maximum atomic E-state index is 12.0. The van der Waals surface area contributed by atoms with Gasteiger partial charge in [-0.2, -0.15) is 0 Å². The van der Waals surface area contributed by atoms with E-state index in [2.05, 4.69) is 31.2 Å². The number of aromatic nitrogens is 2. The minimum atomic E-state index is -1.29. The lowest BCUT2D eigenvalue weighted by atomic mass is 10.1. The van der Waals surface area contributed by atoms with Crippen LogP contribution in [0.15, 0.2) is 22.4 Å². The van der Waals surface area contributed by atoms with Crippen LogP contribution in [0.5, 0.6) is 0 Å². The number of rotatable bonds is 5. The van der Waals surface area contributed by atoms with E-state index in [1.807, 2.05) is 0 Å². The van der Waals surface area contributed by atoms with Gasteiger partial charge in [-0.15, -0.1) is 13.2 Å². The number of aliphatic hydroxyl groups is 2. The van der Waals surface area contributed by atoms with Crippen LogP contribution in [-0.4, -0.2) is 63.9 Å². The van der Waals surface area contributed by atoms with Crippen LogP contribution in [0.4, 0.5) is 0 Å². The first kappa shape index (κ1) is 17.9. The van der Waals surface area contributed by atoms with Crippen LogP contribution in [0.25, 0.3) is 6.08 Å². The number of nitrogens with one attached hydrogen (secondary N) is 1. The molecule has 1 aliphatic rings. The Balaban J connectivity index is 2.28. The smallest absolute Gasteiger partial charge is 0.330 e.